The van der Waals surface area contributed by atoms with Crippen molar-refractivity contribution in [2.45, 2.75) is 24.9 Å². The molecule has 3 N–H and O–H groups in total. The molecule has 0 saturated heterocycles. The first kappa shape index (κ1) is 14.7. The molecular formula is C13H18N4O2S. The first-order valence-corrected chi connectivity index (χ1v) is 7.68. The van der Waals surface area contributed by atoms with Gasteiger partial charge in [-0.15, -0.1) is 0 Å². The first-order chi connectivity index (χ1) is 9.44. The van der Waals surface area contributed by atoms with Crippen LogP contribution < -0.4 is 10.5 Å². The van der Waals surface area contributed by atoms with Crippen LogP contribution in [0.3, 0.4) is 0 Å². The van der Waals surface area contributed by atoms with Crippen molar-refractivity contribution in [3.05, 3.63) is 47.3 Å². The Morgan fingerprint density at radius 1 is 1.40 bits per heavy atom. The molecule has 108 valence electrons. The van der Waals surface area contributed by atoms with E-state index in [1.807, 2.05) is 6.07 Å². The Balaban J connectivity index is 2.22. The fraction of sp³-hybridized carbons (Fsp3) is 0.308. The molecule has 0 aliphatic heterocycles. The summed E-state index contributed by atoms with van der Waals surface area (Å²) >= 11 is 0. The molecule has 1 heterocycles. The van der Waals surface area contributed by atoms with Crippen molar-refractivity contribution in [1.29, 1.82) is 0 Å². The highest BCUT2D eigenvalue weighted by molar-refractivity contribution is 7.89. The molecule has 20 heavy (non-hydrogen) atoms. The van der Waals surface area contributed by atoms with Crippen molar-refractivity contribution < 1.29 is 8.42 Å². The zero-order chi connectivity index (χ0) is 14.8. The molecule has 7 heteroatoms. The highest BCUT2D eigenvalue weighted by Gasteiger charge is 2.17. The molecule has 0 saturated carbocycles. The molecule has 6 nitrogen and oxygen atoms in total. The number of nitrogens with two attached hydrogens (primary N) is 1. The lowest BCUT2D eigenvalue weighted by atomic mass is 10.1. The SMILES string of the molecule is Cc1c(CN)cccc1S(=O)(=O)NCc1cnn(C)c1. The van der Waals surface area contributed by atoms with Gasteiger partial charge in [-0.2, -0.15) is 5.10 Å². The van der Waals surface area contributed by atoms with Gasteiger partial charge < -0.3 is 5.73 Å². The Morgan fingerprint density at radius 2 is 2.15 bits per heavy atom. The second kappa shape index (κ2) is 5.74. The predicted octanol–water partition coefficient (Wildman–Crippen LogP) is 0.666. The van der Waals surface area contributed by atoms with Crippen LogP contribution in [0.1, 0.15) is 16.7 Å². The fourth-order valence-corrected chi connectivity index (χ4v) is 3.30. The molecule has 0 atom stereocenters. The van der Waals surface area contributed by atoms with E-state index in [2.05, 4.69) is 9.82 Å². The lowest BCUT2D eigenvalue weighted by molar-refractivity contribution is 0.580. The summed E-state index contributed by atoms with van der Waals surface area (Å²) < 4.78 is 28.8. The van der Waals surface area contributed by atoms with Crippen LogP contribution in [0.5, 0.6) is 0 Å². The number of aromatic nitrogens is 2. The molecule has 0 amide bonds. The summed E-state index contributed by atoms with van der Waals surface area (Å²) in [4.78, 5) is 0.268. The van der Waals surface area contributed by atoms with Gasteiger partial charge in [0.1, 0.15) is 0 Å². The van der Waals surface area contributed by atoms with E-state index >= 15 is 0 Å². The Bertz CT molecular complexity index is 707. The zero-order valence-corrected chi connectivity index (χ0v) is 12.3. The van der Waals surface area contributed by atoms with Crippen LogP contribution in [0.2, 0.25) is 0 Å². The molecule has 2 rings (SSSR count). The molecular weight excluding hydrogens is 276 g/mol. The maximum absolute atomic E-state index is 12.3. The van der Waals surface area contributed by atoms with Gasteiger partial charge in [0.05, 0.1) is 11.1 Å². The summed E-state index contributed by atoms with van der Waals surface area (Å²) in [7, 11) is -1.77. The molecule has 0 aliphatic rings. The summed E-state index contributed by atoms with van der Waals surface area (Å²) in [6.07, 6.45) is 3.40. The normalized spacial score (nSPS) is 11.8. The van der Waals surface area contributed by atoms with E-state index in [0.717, 1.165) is 11.1 Å². The summed E-state index contributed by atoms with van der Waals surface area (Å²) in [6.45, 7) is 2.29. The smallest absolute Gasteiger partial charge is 0.241 e. The lowest BCUT2D eigenvalue weighted by Crippen LogP contribution is -2.24. The van der Waals surface area contributed by atoms with Crippen LogP contribution in [0.4, 0.5) is 0 Å². The van der Waals surface area contributed by atoms with E-state index in [0.29, 0.717) is 12.1 Å². The Morgan fingerprint density at radius 3 is 2.75 bits per heavy atom. The van der Waals surface area contributed by atoms with Crippen LogP contribution in [-0.4, -0.2) is 18.2 Å². The van der Waals surface area contributed by atoms with Crippen LogP contribution >= 0.6 is 0 Å². The Kier molecular flexibility index (Phi) is 4.22. The van der Waals surface area contributed by atoms with Gasteiger partial charge in [0.25, 0.3) is 0 Å². The van der Waals surface area contributed by atoms with E-state index in [1.165, 1.54) is 0 Å². The number of nitrogens with one attached hydrogen (secondary N) is 1. The van der Waals surface area contributed by atoms with Crippen LogP contribution in [-0.2, 0) is 30.2 Å². The number of nitrogens with zero attached hydrogens (tertiary/aromatic N) is 2. The number of aryl methyl sites for hydroxylation is 1. The van der Waals surface area contributed by atoms with E-state index in [9.17, 15) is 8.42 Å². The third-order valence-electron chi connectivity index (χ3n) is 3.13. The third kappa shape index (κ3) is 3.06. The second-order valence-electron chi connectivity index (χ2n) is 4.59. The maximum atomic E-state index is 12.3. The minimum Gasteiger partial charge on any atom is -0.326 e. The maximum Gasteiger partial charge on any atom is 0.241 e. The largest absolute Gasteiger partial charge is 0.326 e. The molecule has 1 aromatic heterocycles. The van der Waals surface area contributed by atoms with Crippen LogP contribution in [0.15, 0.2) is 35.5 Å². The van der Waals surface area contributed by atoms with Crippen LogP contribution in [0, 0.1) is 6.92 Å². The Labute approximate surface area is 118 Å². The minimum absolute atomic E-state index is 0.211. The first-order valence-electron chi connectivity index (χ1n) is 6.20. The summed E-state index contributed by atoms with van der Waals surface area (Å²) in [6, 6.07) is 5.11. The summed E-state index contributed by atoms with van der Waals surface area (Å²) in [5.74, 6) is 0. The molecule has 0 radical (unpaired) electrons. The van der Waals surface area contributed by atoms with Gasteiger partial charge >= 0.3 is 0 Å². The number of sulfonamides is 1. The summed E-state index contributed by atoms with van der Waals surface area (Å²) in [5, 5.41) is 4.00. The standard InChI is InChI=1S/C13H18N4O2S/c1-10-12(6-14)4-3-5-13(10)20(18,19)16-8-11-7-15-17(2)9-11/h3-5,7,9,16H,6,8,14H2,1-2H3. The van der Waals surface area contributed by atoms with E-state index in [-0.39, 0.29) is 11.4 Å². The van der Waals surface area contributed by atoms with Crippen molar-refractivity contribution in [1.82, 2.24) is 14.5 Å². The van der Waals surface area contributed by atoms with E-state index < -0.39 is 10.0 Å². The lowest BCUT2D eigenvalue weighted by Gasteiger charge is -2.11. The molecule has 2 aromatic rings. The Hall–Kier alpha value is -1.70. The van der Waals surface area contributed by atoms with E-state index in [4.69, 9.17) is 5.73 Å². The number of hydrogen-bond donors (Lipinski definition) is 2. The molecule has 0 spiro atoms. The zero-order valence-electron chi connectivity index (χ0n) is 11.5. The highest BCUT2D eigenvalue weighted by Crippen LogP contribution is 2.18. The van der Waals surface area contributed by atoms with Gasteiger partial charge in [0.2, 0.25) is 10.0 Å². The van der Waals surface area contributed by atoms with E-state index in [1.54, 1.807) is 43.2 Å². The minimum atomic E-state index is -3.56. The van der Waals surface area contributed by atoms with Gasteiger partial charge in [-0.1, -0.05) is 12.1 Å². The molecule has 0 bridgehead atoms. The third-order valence-corrected chi connectivity index (χ3v) is 4.68. The van der Waals surface area contributed by atoms with Crippen molar-refractivity contribution in [2.75, 3.05) is 0 Å². The summed E-state index contributed by atoms with van der Waals surface area (Å²) in [5.41, 5.74) is 7.93. The van der Waals surface area contributed by atoms with Gasteiger partial charge in [0, 0.05) is 31.9 Å². The van der Waals surface area contributed by atoms with Gasteiger partial charge in [-0.05, 0) is 24.1 Å². The average Bonchev–Trinajstić information content (AvgIpc) is 2.82. The van der Waals surface area contributed by atoms with Gasteiger partial charge in [0.15, 0.2) is 0 Å². The fourth-order valence-electron chi connectivity index (χ4n) is 1.99. The number of rotatable bonds is 5. The quantitative estimate of drug-likeness (QED) is 0.848. The van der Waals surface area contributed by atoms with Crippen molar-refractivity contribution in [3.63, 3.8) is 0 Å². The number of hydrogen-bond acceptors (Lipinski definition) is 4. The average molecular weight is 294 g/mol. The second-order valence-corrected chi connectivity index (χ2v) is 6.33. The highest BCUT2D eigenvalue weighted by atomic mass is 32.2. The molecule has 1 aromatic carbocycles. The molecule has 0 unspecified atom stereocenters. The van der Waals surface area contributed by atoms with Crippen molar-refractivity contribution in [3.8, 4) is 0 Å². The van der Waals surface area contributed by atoms with Gasteiger partial charge in [-0.3, -0.25) is 4.68 Å². The van der Waals surface area contributed by atoms with Crippen molar-refractivity contribution in [2.24, 2.45) is 12.8 Å². The predicted molar refractivity (Wildman–Crippen MR) is 76.3 cm³/mol. The van der Waals surface area contributed by atoms with Crippen LogP contribution in [0.25, 0.3) is 0 Å². The topological polar surface area (TPSA) is 90.0 Å². The van der Waals surface area contributed by atoms with Crippen molar-refractivity contribution >= 4 is 10.0 Å². The molecule has 0 aliphatic carbocycles. The monoisotopic (exact) mass is 294 g/mol. The number of benzene rings is 1. The van der Waals surface area contributed by atoms with Gasteiger partial charge in [-0.25, -0.2) is 13.1 Å². The molecule has 0 fully saturated rings.